The van der Waals surface area contributed by atoms with Crippen LogP contribution >= 0.6 is 0 Å². The fraction of sp³-hybridized carbons (Fsp3) is 0.611. The summed E-state index contributed by atoms with van der Waals surface area (Å²) >= 11 is 0. The Morgan fingerprint density at radius 2 is 2.09 bits per heavy atom. The molecule has 2 unspecified atom stereocenters. The Labute approximate surface area is 133 Å². The zero-order valence-electron chi connectivity index (χ0n) is 13.9. The number of nitrogen functional groups attached to an aromatic ring is 1. The van der Waals surface area contributed by atoms with E-state index in [2.05, 4.69) is 26.1 Å². The molecule has 4 heteroatoms. The number of carbonyl (C=O) groups is 1. The summed E-state index contributed by atoms with van der Waals surface area (Å²) in [4.78, 5) is 12.5. The number of carbonyl (C=O) groups excluding carboxylic acids is 1. The van der Waals surface area contributed by atoms with Crippen molar-refractivity contribution in [1.29, 1.82) is 0 Å². The molecule has 122 valence electrons. The van der Waals surface area contributed by atoms with Crippen molar-refractivity contribution in [1.82, 2.24) is 5.32 Å². The van der Waals surface area contributed by atoms with Crippen LogP contribution in [0.1, 0.15) is 56.8 Å². The van der Waals surface area contributed by atoms with Gasteiger partial charge in [0.05, 0.1) is 12.3 Å². The molecule has 1 aromatic carbocycles. The van der Waals surface area contributed by atoms with Crippen molar-refractivity contribution in [3.63, 3.8) is 0 Å². The summed E-state index contributed by atoms with van der Waals surface area (Å²) in [6.07, 6.45) is 4.72. The highest BCUT2D eigenvalue weighted by atomic mass is 16.5. The number of nitrogens with one attached hydrogen (secondary N) is 1. The smallest absolute Gasteiger partial charge is 0.251 e. The number of hydrogen-bond acceptors (Lipinski definition) is 3. The Kier molecular flexibility index (Phi) is 5.69. The molecule has 2 atom stereocenters. The minimum Gasteiger partial charge on any atom is -0.491 e. The lowest BCUT2D eigenvalue weighted by Gasteiger charge is -2.29. The van der Waals surface area contributed by atoms with E-state index >= 15 is 0 Å². The molecule has 0 heterocycles. The standard InChI is InChI=1S/C18H28N2O2/c1-12(2)11-22-17-10-14(8-9-15(17)19)18(21)20-16-7-5-4-6-13(16)3/h8-10,12-13,16H,4-7,11,19H2,1-3H3,(H,20,21). The van der Waals surface area contributed by atoms with E-state index in [0.29, 0.717) is 35.4 Å². The third kappa shape index (κ3) is 4.39. The van der Waals surface area contributed by atoms with Gasteiger partial charge in [0, 0.05) is 11.6 Å². The lowest BCUT2D eigenvalue weighted by molar-refractivity contribution is 0.0910. The summed E-state index contributed by atoms with van der Waals surface area (Å²) < 4.78 is 5.70. The van der Waals surface area contributed by atoms with E-state index in [1.54, 1.807) is 18.2 Å². The van der Waals surface area contributed by atoms with Crippen LogP contribution in [0.15, 0.2) is 18.2 Å². The predicted molar refractivity (Wildman–Crippen MR) is 90.1 cm³/mol. The van der Waals surface area contributed by atoms with Gasteiger partial charge >= 0.3 is 0 Å². The maximum atomic E-state index is 12.5. The van der Waals surface area contributed by atoms with E-state index in [0.717, 1.165) is 6.42 Å². The van der Waals surface area contributed by atoms with E-state index in [4.69, 9.17) is 10.5 Å². The van der Waals surface area contributed by atoms with Gasteiger partial charge in [-0.15, -0.1) is 0 Å². The van der Waals surface area contributed by atoms with Crippen LogP contribution in [0.3, 0.4) is 0 Å². The van der Waals surface area contributed by atoms with Crippen LogP contribution < -0.4 is 15.8 Å². The fourth-order valence-electron chi connectivity index (χ4n) is 2.84. The normalized spacial score (nSPS) is 21.6. The van der Waals surface area contributed by atoms with E-state index in [-0.39, 0.29) is 11.9 Å². The van der Waals surface area contributed by atoms with E-state index in [1.807, 2.05) is 0 Å². The third-order valence-corrected chi connectivity index (χ3v) is 4.28. The number of amides is 1. The molecule has 4 nitrogen and oxygen atoms in total. The summed E-state index contributed by atoms with van der Waals surface area (Å²) in [5.74, 6) is 1.52. The van der Waals surface area contributed by atoms with Crippen LogP contribution in [0.2, 0.25) is 0 Å². The average Bonchev–Trinajstić information content (AvgIpc) is 2.48. The summed E-state index contributed by atoms with van der Waals surface area (Å²) in [6.45, 7) is 6.97. The number of rotatable bonds is 5. The Bertz CT molecular complexity index is 514. The van der Waals surface area contributed by atoms with Gasteiger partial charge in [-0.25, -0.2) is 0 Å². The molecular weight excluding hydrogens is 276 g/mol. The largest absolute Gasteiger partial charge is 0.491 e. The van der Waals surface area contributed by atoms with Crippen LogP contribution in [-0.4, -0.2) is 18.6 Å². The molecule has 0 saturated heterocycles. The molecule has 0 aliphatic heterocycles. The molecule has 2 rings (SSSR count). The Morgan fingerprint density at radius 1 is 1.36 bits per heavy atom. The topological polar surface area (TPSA) is 64.3 Å². The van der Waals surface area contributed by atoms with Gasteiger partial charge in [0.15, 0.2) is 0 Å². The van der Waals surface area contributed by atoms with E-state index in [9.17, 15) is 4.79 Å². The first-order valence-corrected chi connectivity index (χ1v) is 8.30. The third-order valence-electron chi connectivity index (χ3n) is 4.28. The van der Waals surface area contributed by atoms with Crippen molar-refractivity contribution in [3.05, 3.63) is 23.8 Å². The minimum absolute atomic E-state index is 0.0341. The summed E-state index contributed by atoms with van der Waals surface area (Å²) in [5, 5.41) is 3.16. The van der Waals surface area contributed by atoms with Gasteiger partial charge in [0.25, 0.3) is 5.91 Å². The zero-order chi connectivity index (χ0) is 16.1. The summed E-state index contributed by atoms with van der Waals surface area (Å²) in [7, 11) is 0. The zero-order valence-corrected chi connectivity index (χ0v) is 13.9. The molecule has 1 fully saturated rings. The van der Waals surface area contributed by atoms with Crippen LogP contribution in [-0.2, 0) is 0 Å². The molecular formula is C18H28N2O2. The summed E-state index contributed by atoms with van der Waals surface area (Å²) in [6, 6.07) is 5.54. The second-order valence-corrected chi connectivity index (χ2v) is 6.80. The molecule has 0 radical (unpaired) electrons. The second-order valence-electron chi connectivity index (χ2n) is 6.80. The highest BCUT2D eigenvalue weighted by Crippen LogP contribution is 2.26. The lowest BCUT2D eigenvalue weighted by Crippen LogP contribution is -2.41. The average molecular weight is 304 g/mol. The first-order valence-electron chi connectivity index (χ1n) is 8.30. The maximum Gasteiger partial charge on any atom is 0.251 e. The number of benzene rings is 1. The van der Waals surface area contributed by atoms with Crippen LogP contribution in [0.25, 0.3) is 0 Å². The Balaban J connectivity index is 2.04. The van der Waals surface area contributed by atoms with Crippen molar-refractivity contribution in [2.75, 3.05) is 12.3 Å². The Hall–Kier alpha value is -1.71. The van der Waals surface area contributed by atoms with E-state index < -0.39 is 0 Å². The molecule has 0 spiro atoms. The molecule has 0 aromatic heterocycles. The molecule has 22 heavy (non-hydrogen) atoms. The predicted octanol–water partition coefficient (Wildman–Crippen LogP) is 3.61. The van der Waals surface area contributed by atoms with E-state index in [1.165, 1.54) is 19.3 Å². The Morgan fingerprint density at radius 3 is 2.77 bits per heavy atom. The summed E-state index contributed by atoms with van der Waals surface area (Å²) in [5.41, 5.74) is 7.11. The van der Waals surface area contributed by atoms with Gasteiger partial charge in [0.2, 0.25) is 0 Å². The number of hydrogen-bond donors (Lipinski definition) is 2. The molecule has 1 aliphatic rings. The van der Waals surface area contributed by atoms with Gasteiger partial charge < -0.3 is 15.8 Å². The van der Waals surface area contributed by atoms with Gasteiger partial charge in [-0.2, -0.15) is 0 Å². The molecule has 0 bridgehead atoms. The van der Waals surface area contributed by atoms with Crippen molar-refractivity contribution in [3.8, 4) is 5.75 Å². The first-order chi connectivity index (χ1) is 10.5. The van der Waals surface area contributed by atoms with Crippen molar-refractivity contribution >= 4 is 11.6 Å². The maximum absolute atomic E-state index is 12.5. The van der Waals surface area contributed by atoms with Crippen LogP contribution in [0.4, 0.5) is 5.69 Å². The van der Waals surface area contributed by atoms with Crippen molar-refractivity contribution in [2.24, 2.45) is 11.8 Å². The highest BCUT2D eigenvalue weighted by Gasteiger charge is 2.23. The van der Waals surface area contributed by atoms with Crippen molar-refractivity contribution < 1.29 is 9.53 Å². The number of ether oxygens (including phenoxy) is 1. The molecule has 1 saturated carbocycles. The minimum atomic E-state index is -0.0341. The van der Waals surface area contributed by atoms with Crippen molar-refractivity contribution in [2.45, 2.75) is 52.5 Å². The number of anilines is 1. The van der Waals surface area contributed by atoms with Crippen LogP contribution in [0.5, 0.6) is 5.75 Å². The molecule has 1 aliphatic carbocycles. The first kappa shape index (κ1) is 16.7. The molecule has 1 amide bonds. The number of nitrogens with two attached hydrogens (primary N) is 1. The molecule has 3 N–H and O–H groups in total. The van der Waals surface area contributed by atoms with Gasteiger partial charge in [-0.3, -0.25) is 4.79 Å². The van der Waals surface area contributed by atoms with Crippen LogP contribution in [0, 0.1) is 11.8 Å². The second kappa shape index (κ2) is 7.52. The SMILES string of the molecule is CC(C)COc1cc(C(=O)NC2CCCCC2C)ccc1N. The monoisotopic (exact) mass is 304 g/mol. The fourth-order valence-corrected chi connectivity index (χ4v) is 2.84. The highest BCUT2D eigenvalue weighted by molar-refractivity contribution is 5.95. The van der Waals surface area contributed by atoms with Gasteiger partial charge in [-0.05, 0) is 42.9 Å². The molecule has 1 aromatic rings. The lowest BCUT2D eigenvalue weighted by atomic mass is 9.86. The van der Waals surface area contributed by atoms with Gasteiger partial charge in [-0.1, -0.05) is 33.6 Å². The quantitative estimate of drug-likeness (QED) is 0.817. The van der Waals surface area contributed by atoms with Gasteiger partial charge in [0.1, 0.15) is 5.75 Å².